The maximum Gasteiger partial charge on any atom is 0.276 e. The van der Waals surface area contributed by atoms with Gasteiger partial charge in [-0.15, -0.1) is 10.2 Å². The number of para-hydroxylation sites is 1. The number of aromatic nitrogens is 5. The van der Waals surface area contributed by atoms with Crippen LogP contribution >= 0.6 is 11.8 Å². The number of hydrogen-bond donors (Lipinski definition) is 1. The van der Waals surface area contributed by atoms with Crippen molar-refractivity contribution in [3.05, 3.63) is 77.6 Å². The number of benzene rings is 2. The number of aryl methyl sites for hydroxylation is 1. The molecule has 9 heteroatoms. The van der Waals surface area contributed by atoms with E-state index in [-0.39, 0.29) is 11.7 Å². The fourth-order valence-electron chi connectivity index (χ4n) is 3.71. The van der Waals surface area contributed by atoms with Crippen LogP contribution in [0.25, 0.3) is 5.69 Å². The molecule has 2 aromatic heterocycles. The van der Waals surface area contributed by atoms with Gasteiger partial charge in [-0.1, -0.05) is 12.1 Å². The van der Waals surface area contributed by atoms with E-state index in [0.717, 1.165) is 40.6 Å². The summed E-state index contributed by atoms with van der Waals surface area (Å²) >= 11 is 1.49. The zero-order valence-electron chi connectivity index (χ0n) is 16.7. The van der Waals surface area contributed by atoms with Gasteiger partial charge in [-0.05, 0) is 67.4 Å². The second-order valence-corrected chi connectivity index (χ2v) is 8.34. The largest absolute Gasteiger partial charge is 0.321 e. The molecular weight excluding hydrogens is 415 g/mol. The second-order valence-electron chi connectivity index (χ2n) is 7.30. The molecular formula is C22H19FN6OS. The van der Waals surface area contributed by atoms with Gasteiger partial charge in [0.15, 0.2) is 10.9 Å². The summed E-state index contributed by atoms with van der Waals surface area (Å²) in [5.41, 5.74) is 3.19. The third-order valence-corrected chi connectivity index (χ3v) is 6.28. The van der Waals surface area contributed by atoms with Gasteiger partial charge in [0, 0.05) is 28.9 Å². The van der Waals surface area contributed by atoms with E-state index in [1.165, 1.54) is 17.8 Å². The van der Waals surface area contributed by atoms with E-state index in [1.54, 1.807) is 29.2 Å². The summed E-state index contributed by atoms with van der Waals surface area (Å²) in [6, 6.07) is 14.0. The van der Waals surface area contributed by atoms with Crippen molar-refractivity contribution in [3.8, 4) is 5.69 Å². The lowest BCUT2D eigenvalue weighted by molar-refractivity contribution is 0.102. The van der Waals surface area contributed by atoms with E-state index < -0.39 is 0 Å². The van der Waals surface area contributed by atoms with Gasteiger partial charge >= 0.3 is 0 Å². The van der Waals surface area contributed by atoms with E-state index in [9.17, 15) is 9.18 Å². The number of halogens is 1. The maximum atomic E-state index is 14.3. The van der Waals surface area contributed by atoms with Crippen LogP contribution in [0.15, 0.2) is 64.9 Å². The average molecular weight is 435 g/mol. The van der Waals surface area contributed by atoms with Crippen molar-refractivity contribution in [3.63, 3.8) is 0 Å². The molecule has 4 aromatic rings. The minimum Gasteiger partial charge on any atom is -0.321 e. The minimum atomic E-state index is -0.359. The van der Waals surface area contributed by atoms with E-state index in [1.807, 2.05) is 35.9 Å². The summed E-state index contributed by atoms with van der Waals surface area (Å²) < 4.78 is 17.7. The molecule has 2 aromatic carbocycles. The zero-order chi connectivity index (χ0) is 21.4. The fraction of sp³-hybridized carbons (Fsp3) is 0.182. The number of nitrogens with zero attached hydrogens (tertiary/aromatic N) is 5. The van der Waals surface area contributed by atoms with Crippen molar-refractivity contribution >= 4 is 23.4 Å². The Morgan fingerprint density at radius 3 is 2.68 bits per heavy atom. The van der Waals surface area contributed by atoms with Crippen molar-refractivity contribution in [2.75, 3.05) is 5.32 Å². The van der Waals surface area contributed by atoms with E-state index >= 15 is 0 Å². The van der Waals surface area contributed by atoms with Crippen LogP contribution in [0, 0.1) is 5.82 Å². The number of fused-ring (bicyclic) bond motifs is 1. The molecule has 0 bridgehead atoms. The van der Waals surface area contributed by atoms with Gasteiger partial charge in [-0.2, -0.15) is 5.10 Å². The first kappa shape index (κ1) is 19.5. The van der Waals surface area contributed by atoms with Crippen LogP contribution in [-0.4, -0.2) is 30.5 Å². The third kappa shape index (κ3) is 3.72. The number of nitrogens with one attached hydrogen (secondary N) is 1. The molecule has 0 saturated heterocycles. The number of hydrogen-bond acceptors (Lipinski definition) is 5. The van der Waals surface area contributed by atoms with E-state index in [2.05, 4.69) is 20.6 Å². The molecule has 0 aliphatic heterocycles. The van der Waals surface area contributed by atoms with Gasteiger partial charge in [0.05, 0.1) is 0 Å². The Morgan fingerprint density at radius 2 is 1.94 bits per heavy atom. The van der Waals surface area contributed by atoms with Crippen LogP contribution < -0.4 is 5.32 Å². The highest BCUT2D eigenvalue weighted by molar-refractivity contribution is 7.99. The van der Waals surface area contributed by atoms with Crippen LogP contribution in [-0.2, 0) is 19.9 Å². The van der Waals surface area contributed by atoms with Crippen LogP contribution in [0.2, 0.25) is 0 Å². The third-order valence-electron chi connectivity index (χ3n) is 5.22. The summed E-state index contributed by atoms with van der Waals surface area (Å²) in [5.74, 6) is -0.649. The molecule has 1 aliphatic rings. The van der Waals surface area contributed by atoms with E-state index in [4.69, 9.17) is 0 Å². The molecule has 0 saturated carbocycles. The highest BCUT2D eigenvalue weighted by Crippen LogP contribution is 2.30. The van der Waals surface area contributed by atoms with E-state index in [0.29, 0.717) is 17.1 Å². The van der Waals surface area contributed by atoms with Crippen molar-refractivity contribution in [1.82, 2.24) is 24.5 Å². The van der Waals surface area contributed by atoms with Gasteiger partial charge < -0.3 is 9.88 Å². The summed E-state index contributed by atoms with van der Waals surface area (Å²) in [4.78, 5) is 14.0. The van der Waals surface area contributed by atoms with Crippen LogP contribution in [0.1, 0.15) is 28.2 Å². The molecule has 0 spiro atoms. The second kappa shape index (κ2) is 7.99. The number of anilines is 1. The number of amides is 1. The Balaban J connectivity index is 1.37. The Labute approximate surface area is 182 Å². The quantitative estimate of drug-likeness (QED) is 0.513. The lowest BCUT2D eigenvalue weighted by Gasteiger charge is -2.07. The SMILES string of the molecule is Cn1cnnc1Sc1ccc(NC(=O)c2nn(-c3ccccc3F)c3c2CCC3)cc1. The Bertz CT molecular complexity index is 1260. The Morgan fingerprint density at radius 1 is 1.13 bits per heavy atom. The van der Waals surface area contributed by atoms with Crippen LogP contribution in [0.3, 0.4) is 0 Å². The predicted octanol–water partition coefficient (Wildman–Crippen LogP) is 4.03. The zero-order valence-corrected chi connectivity index (χ0v) is 17.6. The molecule has 2 heterocycles. The summed E-state index contributed by atoms with van der Waals surface area (Å²) in [5, 5.41) is 16.1. The first-order valence-electron chi connectivity index (χ1n) is 9.89. The topological polar surface area (TPSA) is 77.6 Å². The monoisotopic (exact) mass is 434 g/mol. The Hall–Kier alpha value is -3.46. The molecule has 0 atom stereocenters. The highest BCUT2D eigenvalue weighted by atomic mass is 32.2. The van der Waals surface area contributed by atoms with Crippen molar-refractivity contribution in [2.24, 2.45) is 7.05 Å². The highest BCUT2D eigenvalue weighted by Gasteiger charge is 2.27. The molecule has 156 valence electrons. The maximum absolute atomic E-state index is 14.3. The number of carbonyl (C=O) groups is 1. The molecule has 1 amide bonds. The van der Waals surface area contributed by atoms with Crippen LogP contribution in [0.5, 0.6) is 0 Å². The van der Waals surface area contributed by atoms with Crippen molar-refractivity contribution in [2.45, 2.75) is 29.3 Å². The van der Waals surface area contributed by atoms with Gasteiger partial charge in [-0.3, -0.25) is 4.79 Å². The molecule has 7 nitrogen and oxygen atoms in total. The molecule has 1 N–H and O–H groups in total. The molecule has 0 radical (unpaired) electrons. The molecule has 5 rings (SSSR count). The van der Waals surface area contributed by atoms with Gasteiger partial charge in [0.2, 0.25) is 0 Å². The smallest absolute Gasteiger partial charge is 0.276 e. The molecule has 0 fully saturated rings. The summed E-state index contributed by atoms with van der Waals surface area (Å²) in [6.45, 7) is 0. The van der Waals surface area contributed by atoms with Crippen LogP contribution in [0.4, 0.5) is 10.1 Å². The predicted molar refractivity (Wildman–Crippen MR) is 115 cm³/mol. The Kier molecular flexibility index (Phi) is 5.03. The lowest BCUT2D eigenvalue weighted by atomic mass is 10.2. The average Bonchev–Trinajstić information content (AvgIpc) is 3.47. The van der Waals surface area contributed by atoms with Gasteiger partial charge in [-0.25, -0.2) is 9.07 Å². The summed E-state index contributed by atoms with van der Waals surface area (Å²) in [7, 11) is 1.88. The van der Waals surface area contributed by atoms with Crippen molar-refractivity contribution < 1.29 is 9.18 Å². The molecule has 1 aliphatic carbocycles. The minimum absolute atomic E-state index is 0.290. The molecule has 31 heavy (non-hydrogen) atoms. The number of carbonyl (C=O) groups excluding carboxylic acids is 1. The first-order chi connectivity index (χ1) is 15.1. The molecule has 0 unspecified atom stereocenters. The van der Waals surface area contributed by atoms with Crippen molar-refractivity contribution in [1.29, 1.82) is 0 Å². The van der Waals surface area contributed by atoms with Gasteiger partial charge in [0.1, 0.15) is 17.8 Å². The number of rotatable bonds is 5. The van der Waals surface area contributed by atoms with Gasteiger partial charge in [0.25, 0.3) is 5.91 Å². The standard InChI is InChI=1S/C22H19FN6OS/c1-28-13-24-26-22(28)31-15-11-9-14(10-12-15)25-21(30)20-16-5-4-8-18(16)29(27-20)19-7-3-2-6-17(19)23/h2-3,6-7,9-13H,4-5,8H2,1H3,(H,25,30). The summed E-state index contributed by atoms with van der Waals surface area (Å²) in [6.07, 6.45) is 4.11. The normalized spacial score (nSPS) is 12.7. The lowest BCUT2D eigenvalue weighted by Crippen LogP contribution is -2.15. The first-order valence-corrected chi connectivity index (χ1v) is 10.7. The fourth-order valence-corrected chi connectivity index (χ4v) is 4.47.